The Kier molecular flexibility index (Phi) is 4.04. The van der Waals surface area contributed by atoms with Gasteiger partial charge in [-0.2, -0.15) is 0 Å². The molecule has 0 aliphatic carbocycles. The van der Waals surface area contributed by atoms with Crippen LogP contribution in [0.3, 0.4) is 0 Å². The summed E-state index contributed by atoms with van der Waals surface area (Å²) in [4.78, 5) is 1.59. The maximum Gasteiger partial charge on any atom is 0.0738 e. The summed E-state index contributed by atoms with van der Waals surface area (Å²) in [6.07, 6.45) is 0. The highest BCUT2D eigenvalue weighted by Crippen LogP contribution is 2.37. The first kappa shape index (κ1) is 11.8. The lowest BCUT2D eigenvalue weighted by Crippen LogP contribution is -1.88. The first-order valence-corrected chi connectivity index (χ1v) is 7.63. The van der Waals surface area contributed by atoms with Gasteiger partial charge in [-0.1, -0.05) is 44.0 Å². The molecule has 0 fully saturated rings. The molecular weight excluding hydrogens is 404 g/mol. The van der Waals surface area contributed by atoms with Crippen LogP contribution in [-0.4, -0.2) is 0 Å². The Morgan fingerprint density at radius 3 is 2.13 bits per heavy atom. The molecule has 0 aliphatic rings. The van der Waals surface area contributed by atoms with Gasteiger partial charge in [0.15, 0.2) is 0 Å². The van der Waals surface area contributed by atoms with Crippen LogP contribution < -0.4 is 0 Å². The van der Waals surface area contributed by atoms with Gasteiger partial charge in [-0.25, -0.2) is 0 Å². The molecule has 0 saturated heterocycles. The van der Waals surface area contributed by atoms with Crippen molar-refractivity contribution in [2.75, 3.05) is 0 Å². The Morgan fingerprint density at radius 1 is 0.933 bits per heavy atom. The molecule has 1 aromatic carbocycles. The molecule has 0 radical (unpaired) electrons. The fourth-order valence-corrected chi connectivity index (χ4v) is 3.69. The Balaban J connectivity index is 2.28. The van der Waals surface area contributed by atoms with Crippen molar-refractivity contribution in [3.05, 3.63) is 55.1 Å². The van der Waals surface area contributed by atoms with Gasteiger partial charge in [0.1, 0.15) is 0 Å². The summed E-state index contributed by atoms with van der Waals surface area (Å²) < 4.78 is 2.28. The van der Waals surface area contributed by atoms with E-state index in [1.54, 1.807) is 11.3 Å². The number of alkyl halides is 1. The molecule has 0 bridgehead atoms. The molecule has 1 heterocycles. The fraction of sp³-hybridized carbons (Fsp3) is 0.0909. The first-order chi connectivity index (χ1) is 7.16. The Morgan fingerprint density at radius 2 is 1.60 bits per heavy atom. The van der Waals surface area contributed by atoms with Crippen LogP contribution in [0.4, 0.5) is 0 Å². The van der Waals surface area contributed by atoms with Gasteiger partial charge in [-0.3, -0.25) is 0 Å². The van der Waals surface area contributed by atoms with Crippen LogP contribution in [0.5, 0.6) is 0 Å². The SMILES string of the molecule is Brc1ccc(C(Br)c2ccc(Br)s2)cc1. The molecule has 0 nitrogen and oxygen atoms in total. The van der Waals surface area contributed by atoms with Crippen molar-refractivity contribution in [1.29, 1.82) is 0 Å². The van der Waals surface area contributed by atoms with Crippen molar-refractivity contribution < 1.29 is 0 Å². The summed E-state index contributed by atoms with van der Waals surface area (Å²) in [6, 6.07) is 12.6. The number of benzene rings is 1. The van der Waals surface area contributed by atoms with Crippen LogP contribution in [0.15, 0.2) is 44.7 Å². The largest absolute Gasteiger partial charge is 0.132 e. The zero-order valence-electron chi connectivity index (χ0n) is 7.58. The number of rotatable bonds is 2. The fourth-order valence-electron chi connectivity index (χ4n) is 1.26. The van der Waals surface area contributed by atoms with E-state index in [1.165, 1.54) is 14.2 Å². The lowest BCUT2D eigenvalue weighted by molar-refractivity contribution is 1.22. The number of halogens is 3. The predicted octanol–water partition coefficient (Wildman–Crippen LogP) is 5.76. The number of hydrogen-bond donors (Lipinski definition) is 0. The van der Waals surface area contributed by atoms with Gasteiger partial charge in [-0.05, 0) is 45.8 Å². The van der Waals surface area contributed by atoms with Gasteiger partial charge < -0.3 is 0 Å². The van der Waals surface area contributed by atoms with E-state index in [1.807, 2.05) is 0 Å². The first-order valence-electron chi connectivity index (χ1n) is 4.31. The van der Waals surface area contributed by atoms with Crippen LogP contribution in [0.1, 0.15) is 15.3 Å². The van der Waals surface area contributed by atoms with Crippen molar-refractivity contribution in [2.24, 2.45) is 0 Å². The second kappa shape index (κ2) is 5.13. The molecule has 1 aromatic heterocycles. The van der Waals surface area contributed by atoms with Crippen molar-refractivity contribution in [3.63, 3.8) is 0 Å². The number of thiophene rings is 1. The zero-order valence-corrected chi connectivity index (χ0v) is 13.2. The summed E-state index contributed by atoms with van der Waals surface area (Å²) in [5, 5.41) is 0. The van der Waals surface area contributed by atoms with Gasteiger partial charge in [-0.15, -0.1) is 11.3 Å². The highest BCUT2D eigenvalue weighted by Gasteiger charge is 2.11. The van der Waals surface area contributed by atoms with E-state index in [9.17, 15) is 0 Å². The minimum absolute atomic E-state index is 0.280. The Labute approximate surface area is 118 Å². The lowest BCUT2D eigenvalue weighted by Gasteiger charge is -2.07. The second-order valence-electron chi connectivity index (χ2n) is 3.06. The molecule has 2 aromatic rings. The minimum atomic E-state index is 0.280. The molecule has 2 rings (SSSR count). The molecule has 78 valence electrons. The Bertz CT molecular complexity index is 447. The van der Waals surface area contributed by atoms with Crippen molar-refractivity contribution in [1.82, 2.24) is 0 Å². The third kappa shape index (κ3) is 2.93. The summed E-state index contributed by atoms with van der Waals surface area (Å²) in [5.41, 5.74) is 1.27. The van der Waals surface area contributed by atoms with Crippen LogP contribution in [0, 0.1) is 0 Å². The maximum atomic E-state index is 3.71. The normalized spacial score (nSPS) is 12.7. The van der Waals surface area contributed by atoms with Crippen LogP contribution in [-0.2, 0) is 0 Å². The summed E-state index contributed by atoms with van der Waals surface area (Å²) in [7, 11) is 0. The standard InChI is InChI=1S/C11H7Br3S/c12-8-3-1-7(2-4-8)11(14)9-5-6-10(13)15-9/h1-6,11H. The monoisotopic (exact) mass is 408 g/mol. The summed E-state index contributed by atoms with van der Waals surface area (Å²) in [6.45, 7) is 0. The zero-order chi connectivity index (χ0) is 10.8. The van der Waals surface area contributed by atoms with E-state index in [0.717, 1.165) is 4.47 Å². The average molecular weight is 411 g/mol. The molecule has 0 amide bonds. The van der Waals surface area contributed by atoms with E-state index < -0.39 is 0 Å². The maximum absolute atomic E-state index is 3.71. The minimum Gasteiger partial charge on any atom is -0.132 e. The van der Waals surface area contributed by atoms with E-state index in [4.69, 9.17) is 0 Å². The third-order valence-electron chi connectivity index (χ3n) is 2.01. The van der Waals surface area contributed by atoms with Gasteiger partial charge in [0.05, 0.1) is 8.61 Å². The second-order valence-corrected chi connectivity index (χ2v) is 7.38. The highest BCUT2D eigenvalue weighted by atomic mass is 79.9. The molecule has 0 saturated carbocycles. The lowest BCUT2D eigenvalue weighted by atomic mass is 10.1. The van der Waals surface area contributed by atoms with Crippen molar-refractivity contribution >= 4 is 59.1 Å². The molecular formula is C11H7Br3S. The molecule has 4 heteroatoms. The van der Waals surface area contributed by atoms with Crippen molar-refractivity contribution in [3.8, 4) is 0 Å². The smallest absolute Gasteiger partial charge is 0.0738 e. The molecule has 0 aliphatic heterocycles. The Hall–Kier alpha value is 0.360. The predicted molar refractivity (Wildman–Crippen MR) is 76.9 cm³/mol. The quantitative estimate of drug-likeness (QED) is 0.552. The topological polar surface area (TPSA) is 0 Å². The van der Waals surface area contributed by atoms with Gasteiger partial charge in [0.25, 0.3) is 0 Å². The van der Waals surface area contributed by atoms with E-state index in [0.29, 0.717) is 0 Å². The molecule has 15 heavy (non-hydrogen) atoms. The average Bonchev–Trinajstić information content (AvgIpc) is 2.65. The van der Waals surface area contributed by atoms with E-state index >= 15 is 0 Å². The van der Waals surface area contributed by atoms with Gasteiger partial charge in [0, 0.05) is 9.35 Å². The number of hydrogen-bond acceptors (Lipinski definition) is 1. The highest BCUT2D eigenvalue weighted by molar-refractivity contribution is 9.11. The van der Waals surface area contributed by atoms with Gasteiger partial charge >= 0.3 is 0 Å². The molecule has 0 N–H and O–H groups in total. The van der Waals surface area contributed by atoms with Crippen LogP contribution in [0.25, 0.3) is 0 Å². The van der Waals surface area contributed by atoms with Crippen LogP contribution in [0.2, 0.25) is 0 Å². The van der Waals surface area contributed by atoms with Crippen LogP contribution >= 0.6 is 59.1 Å². The molecule has 0 spiro atoms. The third-order valence-corrected chi connectivity index (χ3v) is 5.55. The summed E-state index contributed by atoms with van der Waals surface area (Å²) >= 11 is 12.4. The van der Waals surface area contributed by atoms with E-state index in [-0.39, 0.29) is 4.83 Å². The van der Waals surface area contributed by atoms with E-state index in [2.05, 4.69) is 84.2 Å². The van der Waals surface area contributed by atoms with Gasteiger partial charge in [0.2, 0.25) is 0 Å². The van der Waals surface area contributed by atoms with Crippen molar-refractivity contribution in [2.45, 2.75) is 4.83 Å². The molecule has 1 atom stereocenters. The summed E-state index contributed by atoms with van der Waals surface area (Å²) in [5.74, 6) is 0. The molecule has 1 unspecified atom stereocenters.